The van der Waals surface area contributed by atoms with E-state index in [9.17, 15) is 4.79 Å². The fourth-order valence-electron chi connectivity index (χ4n) is 3.08. The van der Waals surface area contributed by atoms with Crippen molar-refractivity contribution in [3.8, 4) is 17.2 Å². The molecule has 0 fully saturated rings. The number of hydrogen-bond acceptors (Lipinski definition) is 6. The van der Waals surface area contributed by atoms with Gasteiger partial charge in [-0.05, 0) is 85.7 Å². The van der Waals surface area contributed by atoms with Crippen LogP contribution in [-0.4, -0.2) is 27.6 Å². The number of carbonyl (C=O) groups is 1. The van der Waals surface area contributed by atoms with Crippen molar-refractivity contribution in [1.29, 1.82) is 0 Å². The Balaban J connectivity index is 1.40. The highest BCUT2D eigenvalue weighted by Crippen LogP contribution is 2.26. The Morgan fingerprint density at radius 1 is 1.16 bits per heavy atom. The predicted molar refractivity (Wildman–Crippen MR) is 128 cm³/mol. The fraction of sp³-hybridized carbons (Fsp3) is 0.167. The van der Waals surface area contributed by atoms with E-state index in [1.54, 1.807) is 36.5 Å². The summed E-state index contributed by atoms with van der Waals surface area (Å²) in [5, 5.41) is 5.98. The topological polar surface area (TPSA) is 89.3 Å². The van der Waals surface area contributed by atoms with Gasteiger partial charge in [0.05, 0.1) is 6.61 Å². The summed E-state index contributed by atoms with van der Waals surface area (Å²) in [5.41, 5.74) is 4.22. The Bertz CT molecular complexity index is 1230. The van der Waals surface area contributed by atoms with E-state index in [1.807, 2.05) is 38.1 Å². The first-order chi connectivity index (χ1) is 15.5. The molecule has 162 valence electrons. The molecule has 0 aliphatic heterocycles. The zero-order valence-corrected chi connectivity index (χ0v) is 18.5. The average molecular weight is 447 g/mol. The van der Waals surface area contributed by atoms with E-state index in [4.69, 9.17) is 21.4 Å². The summed E-state index contributed by atoms with van der Waals surface area (Å²) >= 11 is 5.32. The lowest BCUT2D eigenvalue weighted by Gasteiger charge is -2.12. The second-order valence-corrected chi connectivity index (χ2v) is 7.56. The largest absolute Gasteiger partial charge is 0.494 e. The van der Waals surface area contributed by atoms with Crippen molar-refractivity contribution in [2.24, 2.45) is 0 Å². The quantitative estimate of drug-likeness (QED) is 0.398. The molecule has 0 spiro atoms. The number of aromatic nitrogens is 2. The molecule has 1 amide bonds. The van der Waals surface area contributed by atoms with E-state index in [2.05, 4.69) is 20.6 Å². The van der Waals surface area contributed by atoms with Crippen molar-refractivity contribution in [2.45, 2.75) is 20.3 Å². The van der Waals surface area contributed by atoms with Crippen molar-refractivity contribution in [3.63, 3.8) is 0 Å². The second kappa shape index (κ2) is 9.57. The van der Waals surface area contributed by atoms with Crippen molar-refractivity contribution in [3.05, 3.63) is 71.9 Å². The van der Waals surface area contributed by atoms with Crippen LogP contribution in [0.2, 0.25) is 0 Å². The standard InChI is InChI=1S/C24H22N4O3S/c1-3-13-30-18-9-6-16(7-10-18)22(29)28-24(32)26-19-11-8-17(14-15(19)2)23-27-21-20(31-23)5-4-12-25-21/h4-12,14H,3,13H2,1-2H3,(H2,26,28,29,32). The Morgan fingerprint density at radius 3 is 2.69 bits per heavy atom. The minimum absolute atomic E-state index is 0.211. The predicted octanol–water partition coefficient (Wildman–Crippen LogP) is 5.11. The summed E-state index contributed by atoms with van der Waals surface area (Å²) in [6, 6.07) is 16.3. The van der Waals surface area contributed by atoms with Crippen molar-refractivity contribution >= 4 is 40.2 Å². The molecule has 0 saturated heterocycles. The lowest BCUT2D eigenvalue weighted by molar-refractivity contribution is 0.0977. The van der Waals surface area contributed by atoms with E-state index in [1.165, 1.54) is 0 Å². The zero-order chi connectivity index (χ0) is 22.5. The Morgan fingerprint density at radius 2 is 1.97 bits per heavy atom. The number of oxazole rings is 1. The molecule has 4 aromatic rings. The number of nitrogens with one attached hydrogen (secondary N) is 2. The van der Waals surface area contributed by atoms with Crippen LogP contribution in [0.4, 0.5) is 5.69 Å². The van der Waals surface area contributed by atoms with Gasteiger partial charge in [-0.1, -0.05) is 6.92 Å². The highest BCUT2D eigenvalue weighted by molar-refractivity contribution is 7.80. The van der Waals surface area contributed by atoms with Crippen LogP contribution in [0.25, 0.3) is 22.7 Å². The molecule has 8 heteroatoms. The number of benzene rings is 2. The molecule has 2 aromatic heterocycles. The van der Waals surface area contributed by atoms with Gasteiger partial charge in [-0.15, -0.1) is 0 Å². The molecule has 0 unspecified atom stereocenters. The van der Waals surface area contributed by atoms with Gasteiger partial charge in [0.1, 0.15) is 5.75 Å². The monoisotopic (exact) mass is 446 g/mol. The molecule has 2 N–H and O–H groups in total. The van der Waals surface area contributed by atoms with Gasteiger partial charge in [-0.2, -0.15) is 4.98 Å². The van der Waals surface area contributed by atoms with Crippen molar-refractivity contribution in [1.82, 2.24) is 15.3 Å². The number of hydrogen-bond donors (Lipinski definition) is 2. The van der Waals surface area contributed by atoms with Crippen LogP contribution < -0.4 is 15.4 Å². The molecule has 0 saturated carbocycles. The van der Waals surface area contributed by atoms with E-state index >= 15 is 0 Å². The first-order valence-corrected chi connectivity index (χ1v) is 10.6. The number of rotatable bonds is 6. The molecule has 2 aromatic carbocycles. The summed E-state index contributed by atoms with van der Waals surface area (Å²) in [7, 11) is 0. The Labute approximate surface area is 190 Å². The first-order valence-electron chi connectivity index (χ1n) is 10.2. The lowest BCUT2D eigenvalue weighted by atomic mass is 10.1. The number of anilines is 1. The molecular weight excluding hydrogens is 424 g/mol. The van der Waals surface area contributed by atoms with Crippen LogP contribution in [0.5, 0.6) is 5.75 Å². The fourth-order valence-corrected chi connectivity index (χ4v) is 3.28. The molecule has 0 bridgehead atoms. The van der Waals surface area contributed by atoms with Crippen molar-refractivity contribution in [2.75, 3.05) is 11.9 Å². The number of thiocarbonyl (C=S) groups is 1. The van der Waals surface area contributed by atoms with Crippen LogP contribution in [0, 0.1) is 6.92 Å². The van der Waals surface area contributed by atoms with Gasteiger partial charge < -0.3 is 14.5 Å². The molecule has 32 heavy (non-hydrogen) atoms. The maximum absolute atomic E-state index is 12.5. The van der Waals surface area contributed by atoms with Crippen LogP contribution in [-0.2, 0) is 0 Å². The first kappa shape index (κ1) is 21.5. The molecular formula is C24H22N4O3S. The van der Waals surface area contributed by atoms with E-state index in [-0.39, 0.29) is 11.0 Å². The maximum atomic E-state index is 12.5. The molecule has 0 aliphatic carbocycles. The van der Waals surface area contributed by atoms with E-state index in [0.29, 0.717) is 29.3 Å². The lowest BCUT2D eigenvalue weighted by Crippen LogP contribution is -2.34. The van der Waals surface area contributed by atoms with Crippen LogP contribution in [0.1, 0.15) is 29.3 Å². The zero-order valence-electron chi connectivity index (χ0n) is 17.7. The third-order valence-corrected chi connectivity index (χ3v) is 4.91. The number of carbonyl (C=O) groups excluding carboxylic acids is 1. The smallest absolute Gasteiger partial charge is 0.257 e. The van der Waals surface area contributed by atoms with Gasteiger partial charge in [0.25, 0.3) is 5.91 Å². The van der Waals surface area contributed by atoms with Crippen molar-refractivity contribution < 1.29 is 13.9 Å². The number of fused-ring (bicyclic) bond motifs is 1. The molecule has 0 radical (unpaired) electrons. The van der Waals surface area contributed by atoms with Crippen LogP contribution in [0.15, 0.2) is 65.2 Å². The number of aryl methyl sites for hydroxylation is 1. The van der Waals surface area contributed by atoms with Gasteiger partial charge in [0, 0.05) is 23.0 Å². The molecule has 7 nitrogen and oxygen atoms in total. The Hall–Kier alpha value is -3.78. The number of amides is 1. The minimum Gasteiger partial charge on any atom is -0.494 e. The Kier molecular flexibility index (Phi) is 6.42. The SMILES string of the molecule is CCCOc1ccc(C(=O)NC(=S)Nc2ccc(-c3nc4ncccc4o3)cc2C)cc1. The van der Waals surface area contributed by atoms with E-state index in [0.717, 1.165) is 29.0 Å². The normalized spacial score (nSPS) is 10.7. The van der Waals surface area contributed by atoms with Gasteiger partial charge in [0.15, 0.2) is 16.3 Å². The average Bonchev–Trinajstić information content (AvgIpc) is 3.23. The minimum atomic E-state index is -0.294. The highest BCUT2D eigenvalue weighted by atomic mass is 32.1. The molecule has 4 rings (SSSR count). The third kappa shape index (κ3) is 4.92. The van der Waals surface area contributed by atoms with Gasteiger partial charge in [-0.3, -0.25) is 10.1 Å². The number of nitrogens with zero attached hydrogens (tertiary/aromatic N) is 2. The number of pyridine rings is 1. The summed E-state index contributed by atoms with van der Waals surface area (Å²) in [4.78, 5) is 21.1. The van der Waals surface area contributed by atoms with Crippen LogP contribution >= 0.6 is 12.2 Å². The summed E-state index contributed by atoms with van der Waals surface area (Å²) in [6.45, 7) is 4.62. The summed E-state index contributed by atoms with van der Waals surface area (Å²) in [6.07, 6.45) is 2.60. The van der Waals surface area contributed by atoms with Gasteiger partial charge in [0.2, 0.25) is 5.89 Å². The maximum Gasteiger partial charge on any atom is 0.257 e. The molecule has 0 atom stereocenters. The van der Waals surface area contributed by atoms with Crippen LogP contribution in [0.3, 0.4) is 0 Å². The molecule has 0 aliphatic rings. The number of ether oxygens (including phenoxy) is 1. The molecule has 2 heterocycles. The van der Waals surface area contributed by atoms with E-state index < -0.39 is 0 Å². The second-order valence-electron chi connectivity index (χ2n) is 7.15. The third-order valence-electron chi connectivity index (χ3n) is 4.70. The van der Waals surface area contributed by atoms with Gasteiger partial charge in [-0.25, -0.2) is 4.98 Å². The van der Waals surface area contributed by atoms with Gasteiger partial charge >= 0.3 is 0 Å². The summed E-state index contributed by atoms with van der Waals surface area (Å²) < 4.78 is 11.3. The summed E-state index contributed by atoms with van der Waals surface area (Å²) in [5.74, 6) is 0.933. The highest BCUT2D eigenvalue weighted by Gasteiger charge is 2.12.